The summed E-state index contributed by atoms with van der Waals surface area (Å²) in [7, 11) is 1.27. The maximum Gasteiger partial charge on any atom is 0.377 e. The summed E-state index contributed by atoms with van der Waals surface area (Å²) in [5, 5.41) is 19.6. The molecule has 5 rings (SSSR count). The third kappa shape index (κ3) is 9.20. The van der Waals surface area contributed by atoms with Crippen LogP contribution >= 0.6 is 69.6 Å². The van der Waals surface area contributed by atoms with Gasteiger partial charge in [-0.3, -0.25) is 0 Å². The van der Waals surface area contributed by atoms with Crippen molar-refractivity contribution in [3.63, 3.8) is 0 Å². The van der Waals surface area contributed by atoms with Gasteiger partial charge in [-0.25, -0.2) is 24.1 Å². The Labute approximate surface area is 264 Å². The zero-order chi connectivity index (χ0) is 30.1. The number of hydrogen-bond acceptors (Lipinski definition) is 8. The Morgan fingerprint density at radius 1 is 0.756 bits per heavy atom. The summed E-state index contributed by atoms with van der Waals surface area (Å²) in [5.74, 6) is -0.247. The first-order valence-corrected chi connectivity index (χ1v) is 13.4. The lowest BCUT2D eigenvalue weighted by Crippen LogP contribution is -2.05. The van der Waals surface area contributed by atoms with Gasteiger partial charge in [0, 0.05) is 5.69 Å². The molecule has 0 saturated carbocycles. The minimum Gasteiger partial charge on any atom is -0.463 e. The van der Waals surface area contributed by atoms with Crippen LogP contribution in [0.5, 0.6) is 0 Å². The number of methoxy groups -OCH3 is 1. The van der Waals surface area contributed by atoms with Gasteiger partial charge in [-0.2, -0.15) is 0 Å². The molecule has 0 saturated heterocycles. The number of ether oxygens (including phenoxy) is 1. The second kappa shape index (κ2) is 15.2. The van der Waals surface area contributed by atoms with Gasteiger partial charge in [0.15, 0.2) is 5.82 Å². The molecule has 0 atom stereocenters. The lowest BCUT2D eigenvalue weighted by atomic mass is 10.3. The highest BCUT2D eigenvalue weighted by Crippen LogP contribution is 2.25. The number of aliphatic hydroxyl groups is 1. The second-order valence-electron chi connectivity index (χ2n) is 7.64. The Kier molecular flexibility index (Phi) is 12.0. The molecule has 2 heterocycles. The van der Waals surface area contributed by atoms with Gasteiger partial charge in [-0.05, 0) is 54.6 Å². The molecule has 41 heavy (non-hydrogen) atoms. The Balaban J connectivity index is 0.000000177. The van der Waals surface area contributed by atoms with Crippen LogP contribution in [0.4, 0.5) is 5.69 Å². The number of anilines is 1. The summed E-state index contributed by atoms with van der Waals surface area (Å²) < 4.78 is 7.44. The van der Waals surface area contributed by atoms with Crippen LogP contribution in [0.25, 0.3) is 11.4 Å². The number of rotatable bonds is 4. The third-order valence-electron chi connectivity index (χ3n) is 4.82. The summed E-state index contributed by atoms with van der Waals surface area (Å²) in [6.45, 7) is -0.186. The number of carbonyl (C=O) groups excluding carboxylic acids is 1. The first kappa shape index (κ1) is 32.4. The van der Waals surface area contributed by atoms with Gasteiger partial charge in [0.1, 0.15) is 19.3 Å². The molecule has 3 N–H and O–H groups in total. The van der Waals surface area contributed by atoms with Crippen molar-refractivity contribution >= 4 is 81.3 Å². The molecule has 0 fully saturated rings. The number of nitrogens with two attached hydrogens (primary N) is 1. The van der Waals surface area contributed by atoms with E-state index in [0.29, 0.717) is 47.3 Å². The van der Waals surface area contributed by atoms with Gasteiger partial charge < -0.3 is 15.6 Å². The van der Waals surface area contributed by atoms with Crippen molar-refractivity contribution in [1.82, 2.24) is 29.5 Å². The summed E-state index contributed by atoms with van der Waals surface area (Å²) in [5.41, 5.74) is 7.42. The predicted molar refractivity (Wildman–Crippen MR) is 161 cm³/mol. The summed E-state index contributed by atoms with van der Waals surface area (Å²) in [6, 6.07) is 15.1. The van der Waals surface area contributed by atoms with Crippen molar-refractivity contribution in [2.45, 2.75) is 6.61 Å². The highest BCUT2D eigenvalue weighted by atomic mass is 35.5. The summed E-state index contributed by atoms with van der Waals surface area (Å²) >= 11 is 34.5. The highest BCUT2D eigenvalue weighted by Gasteiger charge is 2.12. The molecule has 0 unspecified atom stereocenters. The van der Waals surface area contributed by atoms with E-state index in [0.717, 1.165) is 5.69 Å². The molecule has 3 aromatic carbocycles. The molecule has 10 nitrogen and oxygen atoms in total. The fourth-order valence-electron chi connectivity index (χ4n) is 2.83. The highest BCUT2D eigenvalue weighted by molar-refractivity contribution is 6.43. The van der Waals surface area contributed by atoms with E-state index >= 15 is 0 Å². The fourth-order valence-corrected chi connectivity index (χ4v) is 3.73. The smallest absolute Gasteiger partial charge is 0.377 e. The molecule has 0 radical (unpaired) electrons. The first-order valence-electron chi connectivity index (χ1n) is 11.1. The number of nitrogens with zero attached hydrogens (tertiary/aromatic N) is 6. The zero-order valence-corrected chi connectivity index (χ0v) is 25.4. The van der Waals surface area contributed by atoms with Crippen LogP contribution in [0.15, 0.2) is 67.3 Å². The van der Waals surface area contributed by atoms with E-state index in [1.165, 1.54) is 29.1 Å². The van der Waals surface area contributed by atoms with E-state index in [2.05, 4.69) is 24.9 Å². The van der Waals surface area contributed by atoms with Crippen molar-refractivity contribution in [3.8, 4) is 11.4 Å². The standard InChI is InChI=1S/C10H7Cl2N3O2.C9H7Cl2N3O.C6H5Cl2N/c1-17-10(16)9-13-5-15(14-9)6-2-3-7(11)8(12)4-6;10-7-2-1-6(3-8(7)11)14-5-12-9(4-15)13-14;7-5-2-1-4(9)3-6(5)8/h2-5H,1H3;1-3,5,15H,4H2;1-3H,9H2. The minimum atomic E-state index is -0.594. The number of benzene rings is 3. The van der Waals surface area contributed by atoms with Gasteiger partial charge in [-0.15, -0.1) is 10.2 Å². The maximum absolute atomic E-state index is 11.2. The van der Waals surface area contributed by atoms with E-state index in [4.69, 9.17) is 80.4 Å². The predicted octanol–water partition coefficient (Wildman–Crippen LogP) is 7.00. The molecular formula is C25H19Cl6N7O3. The van der Waals surface area contributed by atoms with Crippen molar-refractivity contribution < 1.29 is 14.6 Å². The first-order chi connectivity index (χ1) is 19.5. The Morgan fingerprint density at radius 2 is 1.24 bits per heavy atom. The zero-order valence-electron chi connectivity index (χ0n) is 20.9. The van der Waals surface area contributed by atoms with Crippen LogP contribution in [0.3, 0.4) is 0 Å². The lowest BCUT2D eigenvalue weighted by Gasteiger charge is -2.01. The molecule has 2 aromatic heterocycles. The molecule has 0 bridgehead atoms. The molecule has 0 amide bonds. The van der Waals surface area contributed by atoms with Gasteiger partial charge >= 0.3 is 5.97 Å². The summed E-state index contributed by atoms with van der Waals surface area (Å²) in [6.07, 6.45) is 2.90. The Bertz CT molecular complexity index is 1640. The molecule has 0 aliphatic carbocycles. The number of carbonyl (C=O) groups is 1. The third-order valence-corrected chi connectivity index (χ3v) is 7.04. The average molecular weight is 678 g/mol. The molecule has 0 aliphatic rings. The van der Waals surface area contributed by atoms with Crippen molar-refractivity contribution in [3.05, 3.63) is 109 Å². The van der Waals surface area contributed by atoms with E-state index in [9.17, 15) is 4.79 Å². The topological polar surface area (TPSA) is 134 Å². The molecule has 0 aliphatic heterocycles. The van der Waals surface area contributed by atoms with Crippen LogP contribution in [0.2, 0.25) is 30.1 Å². The Morgan fingerprint density at radius 3 is 1.68 bits per heavy atom. The minimum absolute atomic E-state index is 0.0152. The maximum atomic E-state index is 11.2. The van der Waals surface area contributed by atoms with Crippen LogP contribution in [0, 0.1) is 0 Å². The van der Waals surface area contributed by atoms with Crippen molar-refractivity contribution in [2.75, 3.05) is 12.8 Å². The normalized spacial score (nSPS) is 10.2. The van der Waals surface area contributed by atoms with E-state index in [1.807, 2.05) is 0 Å². The number of aliphatic hydroxyl groups excluding tert-OH is 1. The van der Waals surface area contributed by atoms with Gasteiger partial charge in [0.05, 0.1) is 48.6 Å². The number of aromatic nitrogens is 6. The fraction of sp³-hybridized carbons (Fsp3) is 0.0800. The van der Waals surface area contributed by atoms with E-state index in [-0.39, 0.29) is 12.4 Å². The quantitative estimate of drug-likeness (QED) is 0.153. The van der Waals surface area contributed by atoms with Gasteiger partial charge in [0.2, 0.25) is 0 Å². The van der Waals surface area contributed by atoms with Crippen LogP contribution in [-0.2, 0) is 11.3 Å². The van der Waals surface area contributed by atoms with Crippen molar-refractivity contribution in [2.24, 2.45) is 0 Å². The molecule has 5 aromatic rings. The number of nitrogen functional groups attached to an aromatic ring is 1. The summed E-state index contributed by atoms with van der Waals surface area (Å²) in [4.78, 5) is 18.9. The van der Waals surface area contributed by atoms with Gasteiger partial charge in [0.25, 0.3) is 5.82 Å². The molecule has 16 heteroatoms. The van der Waals surface area contributed by atoms with Crippen LogP contribution in [0.1, 0.15) is 16.4 Å². The Hall–Kier alpha value is -3.09. The second-order valence-corrected chi connectivity index (χ2v) is 10.1. The number of hydrogen-bond donors (Lipinski definition) is 2. The lowest BCUT2D eigenvalue weighted by molar-refractivity contribution is 0.0587. The van der Waals surface area contributed by atoms with E-state index in [1.54, 1.807) is 54.6 Å². The largest absolute Gasteiger partial charge is 0.463 e. The average Bonchev–Trinajstić information content (AvgIpc) is 3.65. The molecule has 214 valence electrons. The monoisotopic (exact) mass is 675 g/mol. The number of halogens is 6. The van der Waals surface area contributed by atoms with Crippen molar-refractivity contribution in [1.29, 1.82) is 0 Å². The van der Waals surface area contributed by atoms with E-state index < -0.39 is 5.97 Å². The number of esters is 1. The molecular weight excluding hydrogens is 659 g/mol. The van der Waals surface area contributed by atoms with Crippen LogP contribution in [-0.4, -0.2) is 47.7 Å². The SMILES string of the molecule is COC(=O)c1ncn(-c2ccc(Cl)c(Cl)c2)n1.Nc1ccc(Cl)c(Cl)c1.OCc1ncn(-c2ccc(Cl)c(Cl)c2)n1. The van der Waals surface area contributed by atoms with Gasteiger partial charge in [-0.1, -0.05) is 69.6 Å². The molecule has 0 spiro atoms. The van der Waals surface area contributed by atoms with Crippen LogP contribution < -0.4 is 5.73 Å².